The first-order valence-electron chi connectivity index (χ1n) is 5.78. The normalized spacial score (nSPS) is 10.4. The van der Waals surface area contributed by atoms with Gasteiger partial charge in [-0.25, -0.2) is 0 Å². The molecule has 1 aromatic heterocycles. The third-order valence-corrected chi connectivity index (χ3v) is 3.47. The predicted octanol–water partition coefficient (Wildman–Crippen LogP) is 0.824. The number of primary amides is 1. The number of amides is 1. The topological polar surface area (TPSA) is 98.2 Å². The van der Waals surface area contributed by atoms with E-state index >= 15 is 0 Å². The van der Waals surface area contributed by atoms with Gasteiger partial charge in [-0.3, -0.25) is 14.2 Å². The maximum absolute atomic E-state index is 12.0. The summed E-state index contributed by atoms with van der Waals surface area (Å²) in [6, 6.07) is 8.27. The molecule has 0 radical (unpaired) electrons. The van der Waals surface area contributed by atoms with Gasteiger partial charge >= 0.3 is 0 Å². The fourth-order valence-electron chi connectivity index (χ4n) is 1.61. The van der Waals surface area contributed by atoms with Crippen LogP contribution in [0.5, 0.6) is 5.88 Å². The van der Waals surface area contributed by atoms with Crippen LogP contribution in [0.3, 0.4) is 0 Å². The third-order valence-electron chi connectivity index (χ3n) is 2.51. The lowest BCUT2D eigenvalue weighted by molar-refractivity contribution is -0.115. The Hall–Kier alpha value is -2.28. The van der Waals surface area contributed by atoms with Crippen LogP contribution in [0.15, 0.2) is 40.3 Å². The van der Waals surface area contributed by atoms with Gasteiger partial charge in [0, 0.05) is 0 Å². The van der Waals surface area contributed by atoms with Crippen molar-refractivity contribution < 1.29 is 9.90 Å². The van der Waals surface area contributed by atoms with Crippen molar-refractivity contribution >= 4 is 17.7 Å². The summed E-state index contributed by atoms with van der Waals surface area (Å²) in [7, 11) is 0. The van der Waals surface area contributed by atoms with E-state index in [0.29, 0.717) is 5.69 Å². The van der Waals surface area contributed by atoms with Crippen molar-refractivity contribution in [2.75, 3.05) is 5.75 Å². The van der Waals surface area contributed by atoms with Crippen LogP contribution < -0.4 is 11.3 Å². The van der Waals surface area contributed by atoms with Gasteiger partial charge in [0.15, 0.2) is 5.16 Å². The van der Waals surface area contributed by atoms with Crippen molar-refractivity contribution in [3.63, 3.8) is 0 Å². The number of thioether (sulfide) groups is 1. The number of benzene rings is 1. The number of carbonyl (C=O) groups excluding carboxylic acids is 1. The van der Waals surface area contributed by atoms with Crippen molar-refractivity contribution in [2.24, 2.45) is 5.73 Å². The van der Waals surface area contributed by atoms with Gasteiger partial charge in [0.25, 0.3) is 5.56 Å². The summed E-state index contributed by atoms with van der Waals surface area (Å²) in [5.74, 6) is -0.935. The van der Waals surface area contributed by atoms with Gasteiger partial charge in [-0.2, -0.15) is 4.98 Å². The molecule has 104 valence electrons. The molecule has 6 nitrogen and oxygen atoms in total. The highest BCUT2D eigenvalue weighted by atomic mass is 32.2. The number of carbonyl (C=O) groups is 1. The summed E-state index contributed by atoms with van der Waals surface area (Å²) in [5.41, 5.74) is 6.33. The number of aromatic nitrogens is 2. The Morgan fingerprint density at radius 1 is 1.40 bits per heavy atom. The Kier molecular flexibility index (Phi) is 4.09. The molecule has 1 aromatic carbocycles. The van der Waals surface area contributed by atoms with Gasteiger partial charge in [-0.1, -0.05) is 29.5 Å². The molecule has 1 amide bonds. The predicted molar refractivity (Wildman–Crippen MR) is 76.2 cm³/mol. The minimum absolute atomic E-state index is 0.0260. The van der Waals surface area contributed by atoms with E-state index in [2.05, 4.69) is 4.98 Å². The van der Waals surface area contributed by atoms with Crippen LogP contribution in [0.25, 0.3) is 5.69 Å². The summed E-state index contributed by atoms with van der Waals surface area (Å²) in [4.78, 5) is 26.8. The smallest absolute Gasteiger partial charge is 0.262 e. The van der Waals surface area contributed by atoms with Crippen LogP contribution in [-0.2, 0) is 4.79 Å². The van der Waals surface area contributed by atoms with Crippen molar-refractivity contribution in [1.29, 1.82) is 0 Å². The fourth-order valence-corrected chi connectivity index (χ4v) is 2.37. The summed E-state index contributed by atoms with van der Waals surface area (Å²) in [6.07, 6.45) is 0. The quantitative estimate of drug-likeness (QED) is 0.642. The van der Waals surface area contributed by atoms with Crippen LogP contribution in [0, 0.1) is 6.92 Å². The van der Waals surface area contributed by atoms with Crippen molar-refractivity contribution in [3.8, 4) is 11.6 Å². The molecule has 0 unspecified atom stereocenters. The van der Waals surface area contributed by atoms with E-state index in [1.54, 1.807) is 12.1 Å². The van der Waals surface area contributed by atoms with E-state index in [1.807, 2.05) is 19.1 Å². The summed E-state index contributed by atoms with van der Waals surface area (Å²) >= 11 is 1.000. The summed E-state index contributed by atoms with van der Waals surface area (Å²) in [6.45, 7) is 1.93. The van der Waals surface area contributed by atoms with Crippen molar-refractivity contribution in [2.45, 2.75) is 12.1 Å². The highest BCUT2D eigenvalue weighted by Crippen LogP contribution is 2.20. The average molecular weight is 291 g/mol. The van der Waals surface area contributed by atoms with Crippen molar-refractivity contribution in [3.05, 3.63) is 46.2 Å². The number of hydrogen-bond acceptors (Lipinski definition) is 5. The molecule has 2 rings (SSSR count). The molecule has 0 saturated heterocycles. The maximum Gasteiger partial charge on any atom is 0.262 e. The van der Waals surface area contributed by atoms with E-state index in [1.165, 1.54) is 4.57 Å². The van der Waals surface area contributed by atoms with Crippen LogP contribution in [0.4, 0.5) is 0 Å². The average Bonchev–Trinajstić information content (AvgIpc) is 2.37. The molecular formula is C13H13N3O3S. The van der Waals surface area contributed by atoms with Crippen LogP contribution in [0.1, 0.15) is 5.56 Å². The lowest BCUT2D eigenvalue weighted by Gasteiger charge is -2.11. The van der Waals surface area contributed by atoms with E-state index in [0.717, 1.165) is 23.4 Å². The van der Waals surface area contributed by atoms with E-state index < -0.39 is 11.5 Å². The largest absolute Gasteiger partial charge is 0.493 e. The highest BCUT2D eigenvalue weighted by Gasteiger charge is 2.12. The lowest BCUT2D eigenvalue weighted by atomic mass is 10.2. The van der Waals surface area contributed by atoms with E-state index in [-0.39, 0.29) is 16.8 Å². The van der Waals surface area contributed by atoms with E-state index in [4.69, 9.17) is 5.73 Å². The molecule has 2 aromatic rings. The molecule has 0 saturated carbocycles. The van der Waals surface area contributed by atoms with Gasteiger partial charge in [0.2, 0.25) is 11.8 Å². The molecule has 1 heterocycles. The van der Waals surface area contributed by atoms with Crippen LogP contribution in [-0.4, -0.2) is 26.3 Å². The maximum atomic E-state index is 12.0. The third kappa shape index (κ3) is 3.18. The molecule has 0 atom stereocenters. The van der Waals surface area contributed by atoms with Gasteiger partial charge in [-0.05, 0) is 19.1 Å². The summed E-state index contributed by atoms with van der Waals surface area (Å²) in [5, 5.41) is 9.64. The monoisotopic (exact) mass is 291 g/mol. The zero-order valence-corrected chi connectivity index (χ0v) is 11.6. The Balaban J connectivity index is 2.52. The fraction of sp³-hybridized carbons (Fsp3) is 0.154. The highest BCUT2D eigenvalue weighted by molar-refractivity contribution is 7.99. The molecule has 0 bridgehead atoms. The number of rotatable bonds is 4. The number of aromatic hydroxyl groups is 1. The van der Waals surface area contributed by atoms with Gasteiger partial charge < -0.3 is 10.8 Å². The SMILES string of the molecule is Cc1ccc(-n2c(SCC(N)=O)nc(O)cc2=O)cc1. The Morgan fingerprint density at radius 3 is 2.65 bits per heavy atom. The molecular weight excluding hydrogens is 278 g/mol. The second kappa shape index (κ2) is 5.79. The minimum Gasteiger partial charge on any atom is -0.493 e. The minimum atomic E-state index is -0.525. The van der Waals surface area contributed by atoms with Gasteiger partial charge in [0.05, 0.1) is 17.5 Å². The number of hydrogen-bond donors (Lipinski definition) is 2. The molecule has 0 aliphatic rings. The molecule has 7 heteroatoms. The standard InChI is InChI=1S/C13H13N3O3S/c1-8-2-4-9(5-3-8)16-12(19)6-11(18)15-13(16)20-7-10(14)17/h2-6,18H,7H2,1H3,(H2,14,17). The zero-order valence-electron chi connectivity index (χ0n) is 10.7. The number of nitrogens with zero attached hydrogens (tertiary/aromatic N) is 2. The molecule has 3 N–H and O–H groups in total. The molecule has 0 aliphatic carbocycles. The second-order valence-electron chi connectivity index (χ2n) is 4.16. The number of aryl methyl sites for hydroxylation is 1. The Morgan fingerprint density at radius 2 is 2.05 bits per heavy atom. The van der Waals surface area contributed by atoms with E-state index in [9.17, 15) is 14.7 Å². The van der Waals surface area contributed by atoms with Crippen LogP contribution >= 0.6 is 11.8 Å². The molecule has 0 fully saturated rings. The zero-order chi connectivity index (χ0) is 14.7. The van der Waals surface area contributed by atoms with Gasteiger partial charge in [0.1, 0.15) is 0 Å². The number of nitrogens with two attached hydrogens (primary N) is 1. The Labute approximate surface area is 119 Å². The first kappa shape index (κ1) is 14.1. The Bertz CT molecular complexity index is 695. The van der Waals surface area contributed by atoms with Crippen LogP contribution in [0.2, 0.25) is 0 Å². The second-order valence-corrected chi connectivity index (χ2v) is 5.10. The summed E-state index contributed by atoms with van der Waals surface area (Å²) < 4.78 is 1.33. The van der Waals surface area contributed by atoms with Gasteiger partial charge in [-0.15, -0.1) is 0 Å². The molecule has 0 aliphatic heterocycles. The van der Waals surface area contributed by atoms with Crippen molar-refractivity contribution in [1.82, 2.24) is 9.55 Å². The lowest BCUT2D eigenvalue weighted by Crippen LogP contribution is -2.21. The molecule has 20 heavy (non-hydrogen) atoms. The first-order valence-corrected chi connectivity index (χ1v) is 6.77. The molecule has 0 spiro atoms. The first-order chi connectivity index (χ1) is 9.47.